The van der Waals surface area contributed by atoms with E-state index in [1.165, 1.54) is 40.9 Å². The average Bonchev–Trinajstić information content (AvgIpc) is 2.72. The quantitative estimate of drug-likeness (QED) is 0.596. The summed E-state index contributed by atoms with van der Waals surface area (Å²) in [6, 6.07) is 0. The summed E-state index contributed by atoms with van der Waals surface area (Å²) >= 11 is 0. The molecule has 16 heavy (non-hydrogen) atoms. The van der Waals surface area contributed by atoms with Gasteiger partial charge in [-0.1, -0.05) is 23.3 Å². The smallest absolute Gasteiger partial charge is 0.111 e. The Morgan fingerprint density at radius 3 is 2.94 bits per heavy atom. The molecule has 0 aliphatic heterocycles. The SMILES string of the molecule is C=C1CCC2=C(C)Cc3occ(C)c3C[C@@H]12. The first-order chi connectivity index (χ1) is 7.66. The van der Waals surface area contributed by atoms with Crippen LogP contribution in [0.25, 0.3) is 0 Å². The molecule has 0 unspecified atom stereocenters. The molecule has 0 N–H and O–H groups in total. The molecule has 3 rings (SSSR count). The molecule has 2 aliphatic carbocycles. The van der Waals surface area contributed by atoms with Gasteiger partial charge in [-0.3, -0.25) is 0 Å². The topological polar surface area (TPSA) is 13.1 Å². The maximum Gasteiger partial charge on any atom is 0.111 e. The second-order valence-corrected chi connectivity index (χ2v) is 5.22. The van der Waals surface area contributed by atoms with Crippen LogP contribution in [0.15, 0.2) is 34.0 Å². The number of rotatable bonds is 0. The maximum atomic E-state index is 5.67. The summed E-state index contributed by atoms with van der Waals surface area (Å²) in [5.41, 5.74) is 7.31. The summed E-state index contributed by atoms with van der Waals surface area (Å²) in [6.07, 6.45) is 6.42. The zero-order valence-corrected chi connectivity index (χ0v) is 10.1. The zero-order valence-electron chi connectivity index (χ0n) is 10.1. The van der Waals surface area contributed by atoms with Gasteiger partial charge in [0, 0.05) is 12.3 Å². The standard InChI is InChI=1S/C15H18O/c1-9-4-5-12-10(2)6-15-14(7-13(9)12)11(3)8-16-15/h8,13H,1,4-7H2,2-3H3/t13-/m0/s1. The molecule has 1 heteroatoms. The van der Waals surface area contributed by atoms with Gasteiger partial charge in [0.25, 0.3) is 0 Å². The Morgan fingerprint density at radius 2 is 2.12 bits per heavy atom. The molecule has 0 saturated heterocycles. The van der Waals surface area contributed by atoms with E-state index in [0.717, 1.165) is 12.8 Å². The zero-order chi connectivity index (χ0) is 11.3. The Labute approximate surface area is 96.8 Å². The minimum absolute atomic E-state index is 0.595. The van der Waals surface area contributed by atoms with Crippen LogP contribution in [0.4, 0.5) is 0 Å². The molecule has 1 saturated carbocycles. The van der Waals surface area contributed by atoms with E-state index in [0.29, 0.717) is 5.92 Å². The average molecular weight is 214 g/mol. The van der Waals surface area contributed by atoms with E-state index < -0.39 is 0 Å². The van der Waals surface area contributed by atoms with Crippen molar-refractivity contribution < 1.29 is 4.42 Å². The molecule has 1 fully saturated rings. The Morgan fingerprint density at radius 1 is 1.31 bits per heavy atom. The first-order valence-corrected chi connectivity index (χ1v) is 6.09. The van der Waals surface area contributed by atoms with Gasteiger partial charge in [0.05, 0.1) is 6.26 Å². The van der Waals surface area contributed by atoms with E-state index in [-0.39, 0.29) is 0 Å². The molecule has 0 radical (unpaired) electrons. The molecule has 1 heterocycles. The van der Waals surface area contributed by atoms with Gasteiger partial charge in [-0.2, -0.15) is 0 Å². The van der Waals surface area contributed by atoms with Gasteiger partial charge < -0.3 is 4.42 Å². The summed E-state index contributed by atoms with van der Waals surface area (Å²) in [6.45, 7) is 8.65. The van der Waals surface area contributed by atoms with E-state index in [1.54, 1.807) is 5.57 Å². The molecule has 1 atom stereocenters. The van der Waals surface area contributed by atoms with Gasteiger partial charge in [0.2, 0.25) is 0 Å². The Kier molecular flexibility index (Phi) is 2.10. The van der Waals surface area contributed by atoms with Crippen molar-refractivity contribution in [1.82, 2.24) is 0 Å². The molecule has 84 valence electrons. The number of aryl methyl sites for hydroxylation is 1. The fourth-order valence-corrected chi connectivity index (χ4v) is 3.17. The number of allylic oxidation sites excluding steroid dienone is 3. The van der Waals surface area contributed by atoms with Crippen LogP contribution in [-0.2, 0) is 12.8 Å². The fourth-order valence-electron chi connectivity index (χ4n) is 3.17. The molecular formula is C15H18O. The highest BCUT2D eigenvalue weighted by atomic mass is 16.3. The van der Waals surface area contributed by atoms with Crippen molar-refractivity contribution >= 4 is 0 Å². The van der Waals surface area contributed by atoms with Crippen molar-refractivity contribution in [3.63, 3.8) is 0 Å². The highest BCUT2D eigenvalue weighted by Gasteiger charge is 2.31. The lowest BCUT2D eigenvalue weighted by Gasteiger charge is -2.12. The molecule has 1 nitrogen and oxygen atoms in total. The molecular weight excluding hydrogens is 196 g/mol. The van der Waals surface area contributed by atoms with Crippen molar-refractivity contribution in [3.05, 3.63) is 46.4 Å². The van der Waals surface area contributed by atoms with Gasteiger partial charge in [-0.15, -0.1) is 0 Å². The van der Waals surface area contributed by atoms with Crippen molar-refractivity contribution in [2.45, 2.75) is 39.5 Å². The Balaban J connectivity index is 2.11. The summed E-state index contributed by atoms with van der Waals surface area (Å²) in [4.78, 5) is 0. The van der Waals surface area contributed by atoms with Crippen LogP contribution in [0.1, 0.15) is 36.7 Å². The Hall–Kier alpha value is -1.24. The van der Waals surface area contributed by atoms with Crippen LogP contribution >= 0.6 is 0 Å². The molecule has 0 spiro atoms. The van der Waals surface area contributed by atoms with Crippen LogP contribution in [0, 0.1) is 12.8 Å². The number of hydrogen-bond donors (Lipinski definition) is 0. The summed E-state index contributed by atoms with van der Waals surface area (Å²) in [5.74, 6) is 1.78. The first kappa shape index (κ1) is 9.95. The lowest BCUT2D eigenvalue weighted by molar-refractivity contribution is 0.515. The van der Waals surface area contributed by atoms with Crippen molar-refractivity contribution in [3.8, 4) is 0 Å². The van der Waals surface area contributed by atoms with Gasteiger partial charge in [-0.25, -0.2) is 0 Å². The summed E-state index contributed by atoms with van der Waals surface area (Å²) in [5, 5.41) is 0. The lowest BCUT2D eigenvalue weighted by Crippen LogP contribution is -2.03. The summed E-state index contributed by atoms with van der Waals surface area (Å²) < 4.78 is 5.67. The predicted octanol–water partition coefficient (Wildman–Crippen LogP) is 3.97. The highest BCUT2D eigenvalue weighted by Crippen LogP contribution is 2.43. The van der Waals surface area contributed by atoms with Crippen LogP contribution in [0.2, 0.25) is 0 Å². The van der Waals surface area contributed by atoms with Gasteiger partial charge in [0.1, 0.15) is 5.76 Å². The van der Waals surface area contributed by atoms with Crippen LogP contribution in [-0.4, -0.2) is 0 Å². The number of hydrogen-bond acceptors (Lipinski definition) is 1. The van der Waals surface area contributed by atoms with Crippen LogP contribution in [0.5, 0.6) is 0 Å². The predicted molar refractivity (Wildman–Crippen MR) is 65.4 cm³/mol. The second-order valence-electron chi connectivity index (χ2n) is 5.22. The number of fused-ring (bicyclic) bond motifs is 2. The minimum atomic E-state index is 0.595. The van der Waals surface area contributed by atoms with E-state index in [4.69, 9.17) is 4.42 Å². The third-order valence-electron chi connectivity index (χ3n) is 4.20. The lowest BCUT2D eigenvalue weighted by atomic mass is 9.91. The molecule has 0 bridgehead atoms. The first-order valence-electron chi connectivity index (χ1n) is 6.09. The third-order valence-corrected chi connectivity index (χ3v) is 4.20. The molecule has 2 aliphatic rings. The van der Waals surface area contributed by atoms with Gasteiger partial charge >= 0.3 is 0 Å². The van der Waals surface area contributed by atoms with Crippen molar-refractivity contribution in [2.75, 3.05) is 0 Å². The van der Waals surface area contributed by atoms with Crippen LogP contribution in [0.3, 0.4) is 0 Å². The molecule has 1 aromatic heterocycles. The molecule has 0 amide bonds. The van der Waals surface area contributed by atoms with Crippen molar-refractivity contribution in [2.24, 2.45) is 5.92 Å². The monoisotopic (exact) mass is 214 g/mol. The van der Waals surface area contributed by atoms with E-state index in [9.17, 15) is 0 Å². The van der Waals surface area contributed by atoms with Gasteiger partial charge in [-0.05, 0) is 44.2 Å². The number of furan rings is 1. The normalized spacial score (nSPS) is 24.4. The van der Waals surface area contributed by atoms with Crippen molar-refractivity contribution in [1.29, 1.82) is 0 Å². The van der Waals surface area contributed by atoms with E-state index >= 15 is 0 Å². The molecule has 0 aromatic carbocycles. The van der Waals surface area contributed by atoms with E-state index in [2.05, 4.69) is 20.4 Å². The maximum absolute atomic E-state index is 5.67. The largest absolute Gasteiger partial charge is 0.468 e. The fraction of sp³-hybridized carbons (Fsp3) is 0.467. The third kappa shape index (κ3) is 1.31. The van der Waals surface area contributed by atoms with E-state index in [1.807, 2.05) is 6.26 Å². The molecule has 1 aromatic rings. The Bertz CT molecular complexity index is 488. The van der Waals surface area contributed by atoms with Gasteiger partial charge in [0.15, 0.2) is 0 Å². The minimum Gasteiger partial charge on any atom is -0.468 e. The second kappa shape index (κ2) is 3.38. The highest BCUT2D eigenvalue weighted by molar-refractivity contribution is 5.41. The summed E-state index contributed by atoms with van der Waals surface area (Å²) in [7, 11) is 0. The van der Waals surface area contributed by atoms with Crippen LogP contribution < -0.4 is 0 Å².